The zero-order valence-corrected chi connectivity index (χ0v) is 13.9. The van der Waals surface area contributed by atoms with Crippen LogP contribution < -0.4 is 9.47 Å². The predicted molar refractivity (Wildman–Crippen MR) is 86.6 cm³/mol. The molecule has 2 heterocycles. The Kier molecular flexibility index (Phi) is 4.59. The van der Waals surface area contributed by atoms with E-state index in [4.69, 9.17) is 14.2 Å². The molecule has 0 bridgehead atoms. The van der Waals surface area contributed by atoms with Crippen LogP contribution in [0.4, 0.5) is 0 Å². The van der Waals surface area contributed by atoms with Crippen LogP contribution in [0.3, 0.4) is 0 Å². The zero-order chi connectivity index (χ0) is 15.6. The highest BCUT2D eigenvalue weighted by molar-refractivity contribution is 5.39. The van der Waals surface area contributed by atoms with Gasteiger partial charge in [-0.1, -0.05) is 12.1 Å². The van der Waals surface area contributed by atoms with Crippen LogP contribution in [0, 0.1) is 5.92 Å². The van der Waals surface area contributed by atoms with Gasteiger partial charge >= 0.3 is 0 Å². The molecule has 2 saturated heterocycles. The number of ether oxygens (including phenoxy) is 3. The summed E-state index contributed by atoms with van der Waals surface area (Å²) >= 11 is 0. The quantitative estimate of drug-likeness (QED) is 0.837. The van der Waals surface area contributed by atoms with Crippen molar-refractivity contribution in [2.45, 2.75) is 38.4 Å². The molecule has 0 saturated carbocycles. The van der Waals surface area contributed by atoms with E-state index in [9.17, 15) is 0 Å². The van der Waals surface area contributed by atoms with Gasteiger partial charge in [0.1, 0.15) is 6.10 Å². The largest absolute Gasteiger partial charge is 0.493 e. The molecule has 1 atom stereocenters. The first-order valence-corrected chi connectivity index (χ1v) is 8.22. The SMILES string of the molecule is COc1ccccc1OC1CN(C[C@@H]2CCOC(C)(C)C2)C1. The highest BCUT2D eigenvalue weighted by Gasteiger charge is 2.34. The Bertz CT molecular complexity index is 497. The molecule has 2 aliphatic heterocycles. The molecule has 0 N–H and O–H groups in total. The molecule has 4 nitrogen and oxygen atoms in total. The van der Waals surface area contributed by atoms with Gasteiger partial charge in [-0.05, 0) is 44.7 Å². The number of rotatable bonds is 5. The Labute approximate surface area is 133 Å². The minimum Gasteiger partial charge on any atom is -0.493 e. The summed E-state index contributed by atoms with van der Waals surface area (Å²) in [5.41, 5.74) is 0.0427. The van der Waals surface area contributed by atoms with E-state index in [1.165, 1.54) is 13.0 Å². The van der Waals surface area contributed by atoms with Crippen molar-refractivity contribution in [2.24, 2.45) is 5.92 Å². The molecule has 0 amide bonds. The van der Waals surface area contributed by atoms with E-state index in [0.717, 1.165) is 43.5 Å². The van der Waals surface area contributed by atoms with Gasteiger partial charge in [-0.25, -0.2) is 0 Å². The molecule has 0 aromatic heterocycles. The Balaban J connectivity index is 1.44. The van der Waals surface area contributed by atoms with E-state index < -0.39 is 0 Å². The number of para-hydroxylation sites is 2. The van der Waals surface area contributed by atoms with Crippen LogP contribution in [-0.2, 0) is 4.74 Å². The van der Waals surface area contributed by atoms with Gasteiger partial charge in [0.2, 0.25) is 0 Å². The molecular weight excluding hydrogens is 278 g/mol. The van der Waals surface area contributed by atoms with Gasteiger partial charge in [0.15, 0.2) is 11.5 Å². The molecule has 1 aromatic rings. The Morgan fingerprint density at radius 2 is 1.95 bits per heavy atom. The van der Waals surface area contributed by atoms with Crippen molar-refractivity contribution >= 4 is 0 Å². The highest BCUT2D eigenvalue weighted by atomic mass is 16.5. The van der Waals surface area contributed by atoms with E-state index in [-0.39, 0.29) is 11.7 Å². The van der Waals surface area contributed by atoms with Gasteiger partial charge in [0.05, 0.1) is 12.7 Å². The number of likely N-dealkylation sites (tertiary alicyclic amines) is 1. The van der Waals surface area contributed by atoms with Crippen molar-refractivity contribution in [3.8, 4) is 11.5 Å². The van der Waals surface area contributed by atoms with Gasteiger partial charge < -0.3 is 14.2 Å². The first-order valence-electron chi connectivity index (χ1n) is 8.22. The molecular formula is C18H27NO3. The zero-order valence-electron chi connectivity index (χ0n) is 13.9. The average molecular weight is 305 g/mol. The number of benzene rings is 1. The number of nitrogens with zero attached hydrogens (tertiary/aromatic N) is 1. The summed E-state index contributed by atoms with van der Waals surface area (Å²) < 4.78 is 17.2. The van der Waals surface area contributed by atoms with E-state index in [0.29, 0.717) is 0 Å². The lowest BCUT2D eigenvalue weighted by Gasteiger charge is -2.43. The van der Waals surface area contributed by atoms with Gasteiger partial charge in [-0.3, -0.25) is 4.90 Å². The molecule has 0 aliphatic carbocycles. The predicted octanol–water partition coefficient (Wildman–Crippen LogP) is 2.96. The Morgan fingerprint density at radius 1 is 1.23 bits per heavy atom. The third-order valence-electron chi connectivity index (χ3n) is 4.60. The van der Waals surface area contributed by atoms with E-state index in [1.807, 2.05) is 24.3 Å². The number of methoxy groups -OCH3 is 1. The van der Waals surface area contributed by atoms with Crippen LogP contribution in [0.15, 0.2) is 24.3 Å². The third-order valence-corrected chi connectivity index (χ3v) is 4.60. The number of hydrogen-bond donors (Lipinski definition) is 0. The third kappa shape index (κ3) is 3.73. The van der Waals surface area contributed by atoms with Crippen LogP contribution >= 0.6 is 0 Å². The van der Waals surface area contributed by atoms with E-state index in [2.05, 4.69) is 18.7 Å². The maximum Gasteiger partial charge on any atom is 0.161 e. The lowest BCUT2D eigenvalue weighted by molar-refractivity contribution is -0.0850. The summed E-state index contributed by atoms with van der Waals surface area (Å²) in [6, 6.07) is 7.86. The summed E-state index contributed by atoms with van der Waals surface area (Å²) in [4.78, 5) is 2.49. The van der Waals surface area contributed by atoms with Crippen LogP contribution in [0.2, 0.25) is 0 Å². The lowest BCUT2D eigenvalue weighted by Crippen LogP contribution is -2.55. The van der Waals surface area contributed by atoms with Crippen molar-refractivity contribution in [2.75, 3.05) is 33.4 Å². The Hall–Kier alpha value is -1.26. The summed E-state index contributed by atoms with van der Waals surface area (Å²) in [5.74, 6) is 2.41. The summed E-state index contributed by atoms with van der Waals surface area (Å²) in [6.45, 7) is 8.47. The second-order valence-corrected chi connectivity index (χ2v) is 7.08. The van der Waals surface area contributed by atoms with Gasteiger partial charge in [0, 0.05) is 26.2 Å². The van der Waals surface area contributed by atoms with E-state index in [1.54, 1.807) is 7.11 Å². The summed E-state index contributed by atoms with van der Waals surface area (Å²) in [5, 5.41) is 0. The van der Waals surface area contributed by atoms with Crippen molar-refractivity contribution in [1.29, 1.82) is 0 Å². The normalized spacial score (nSPS) is 25.5. The molecule has 22 heavy (non-hydrogen) atoms. The molecule has 0 unspecified atom stereocenters. The van der Waals surface area contributed by atoms with Gasteiger partial charge in [-0.15, -0.1) is 0 Å². The fraction of sp³-hybridized carbons (Fsp3) is 0.667. The summed E-state index contributed by atoms with van der Waals surface area (Å²) in [6.07, 6.45) is 2.61. The van der Waals surface area contributed by atoms with E-state index >= 15 is 0 Å². The summed E-state index contributed by atoms with van der Waals surface area (Å²) in [7, 11) is 1.68. The average Bonchev–Trinajstić information content (AvgIpc) is 2.44. The molecule has 2 aliphatic rings. The standard InChI is InChI=1S/C18H27NO3/c1-18(2)10-14(8-9-21-18)11-19-12-15(13-19)22-17-7-5-4-6-16(17)20-3/h4-7,14-15H,8-13H2,1-3H3/t14-/m1/s1. The van der Waals surface area contributed by atoms with Crippen molar-refractivity contribution < 1.29 is 14.2 Å². The Morgan fingerprint density at radius 3 is 2.64 bits per heavy atom. The fourth-order valence-electron chi connectivity index (χ4n) is 3.52. The fourth-order valence-corrected chi connectivity index (χ4v) is 3.52. The first-order chi connectivity index (χ1) is 10.6. The van der Waals surface area contributed by atoms with Crippen LogP contribution in [0.5, 0.6) is 11.5 Å². The molecule has 2 fully saturated rings. The van der Waals surface area contributed by atoms with Crippen molar-refractivity contribution in [3.63, 3.8) is 0 Å². The maximum absolute atomic E-state index is 6.04. The minimum atomic E-state index is 0.0427. The minimum absolute atomic E-state index is 0.0427. The molecule has 0 spiro atoms. The second kappa shape index (κ2) is 6.47. The lowest BCUT2D eigenvalue weighted by atomic mass is 9.87. The van der Waals surface area contributed by atoms with Gasteiger partial charge in [-0.2, -0.15) is 0 Å². The molecule has 1 aromatic carbocycles. The monoisotopic (exact) mass is 305 g/mol. The molecule has 0 radical (unpaired) electrons. The van der Waals surface area contributed by atoms with Crippen LogP contribution in [-0.4, -0.2) is 50.0 Å². The molecule has 122 valence electrons. The smallest absolute Gasteiger partial charge is 0.161 e. The van der Waals surface area contributed by atoms with Crippen molar-refractivity contribution in [1.82, 2.24) is 4.90 Å². The molecule has 4 heteroatoms. The maximum atomic E-state index is 6.04. The van der Waals surface area contributed by atoms with Crippen LogP contribution in [0.25, 0.3) is 0 Å². The first kappa shape index (κ1) is 15.6. The van der Waals surface area contributed by atoms with Crippen molar-refractivity contribution in [3.05, 3.63) is 24.3 Å². The van der Waals surface area contributed by atoms with Crippen LogP contribution in [0.1, 0.15) is 26.7 Å². The molecule has 3 rings (SSSR count). The highest BCUT2D eigenvalue weighted by Crippen LogP contribution is 2.32. The number of hydrogen-bond acceptors (Lipinski definition) is 4. The topological polar surface area (TPSA) is 30.9 Å². The van der Waals surface area contributed by atoms with Gasteiger partial charge in [0.25, 0.3) is 0 Å². The second-order valence-electron chi connectivity index (χ2n) is 7.08.